The Labute approximate surface area is 221 Å². The second-order valence-corrected chi connectivity index (χ2v) is 7.71. The molecule has 0 aliphatic carbocycles. The van der Waals surface area contributed by atoms with Crippen LogP contribution in [0.2, 0.25) is 0 Å². The van der Waals surface area contributed by atoms with Crippen LogP contribution >= 0.6 is 37.2 Å². The Balaban J connectivity index is 0.00000141. The van der Waals surface area contributed by atoms with Gasteiger partial charge in [0.25, 0.3) is 0 Å². The van der Waals surface area contributed by atoms with Crippen LogP contribution in [0.5, 0.6) is 5.75 Å². The Morgan fingerprint density at radius 3 is 2.60 bits per heavy atom. The zero-order valence-electron chi connectivity index (χ0n) is 18.4. The van der Waals surface area contributed by atoms with Gasteiger partial charge in [0.15, 0.2) is 5.69 Å². The summed E-state index contributed by atoms with van der Waals surface area (Å²) in [5.74, 6) is 0.535. The highest BCUT2D eigenvalue weighted by atomic mass is 128. The van der Waals surface area contributed by atoms with Crippen molar-refractivity contribution in [2.45, 2.75) is 12.7 Å². The molecule has 0 radical (unpaired) electrons. The van der Waals surface area contributed by atoms with Crippen LogP contribution < -0.4 is 4.74 Å². The predicted octanol–water partition coefficient (Wildman–Crippen LogP) is 5.24. The summed E-state index contributed by atoms with van der Waals surface area (Å²) < 4.78 is 52.7. The number of aromatic amines is 1. The molecule has 0 saturated carbocycles. The molecule has 1 fully saturated rings. The van der Waals surface area contributed by atoms with E-state index < -0.39 is 11.9 Å². The fourth-order valence-corrected chi connectivity index (χ4v) is 4.12. The van der Waals surface area contributed by atoms with Gasteiger partial charge in [0, 0.05) is 78.7 Å². The van der Waals surface area contributed by atoms with Gasteiger partial charge in [0.2, 0.25) is 5.91 Å². The van der Waals surface area contributed by atoms with Crippen LogP contribution in [0.3, 0.4) is 0 Å². The third kappa shape index (κ3) is 5.35. The number of nitrogens with zero attached hydrogens (tertiary/aromatic N) is 4. The first-order chi connectivity index (χ1) is 16.8. The number of benzene rings is 1. The number of hydrogen-bond donors (Lipinski definition) is 1. The highest BCUT2D eigenvalue weighted by molar-refractivity contribution is 15.0. The molecule has 1 saturated heterocycles. The average Bonchev–Trinajstić information content (AvgIpc) is 3.46. The van der Waals surface area contributed by atoms with Gasteiger partial charge in [0.1, 0.15) is 24.3 Å². The van der Waals surface area contributed by atoms with Gasteiger partial charge in [-0.3, -0.25) is 4.79 Å². The van der Waals surface area contributed by atoms with Crippen LogP contribution in [-0.2, 0) is 22.3 Å². The monoisotopic (exact) mass is 713 g/mol. The van der Waals surface area contributed by atoms with E-state index in [1.165, 1.54) is 13.2 Å². The maximum atomic E-state index is 13.4. The lowest BCUT2D eigenvalue weighted by Crippen LogP contribution is -2.42. The maximum absolute atomic E-state index is 13.4. The van der Waals surface area contributed by atoms with Gasteiger partial charge in [-0.05, 0) is 24.3 Å². The maximum Gasteiger partial charge on any atom is 0.434 e. The molecule has 0 unspecified atom stereocenters. The highest BCUT2D eigenvalue weighted by Crippen LogP contribution is 2.37. The van der Waals surface area contributed by atoms with E-state index in [-0.39, 0.29) is 23.5 Å². The fourth-order valence-electron chi connectivity index (χ4n) is 4.12. The van der Waals surface area contributed by atoms with Gasteiger partial charge in [-0.25, -0.2) is 9.97 Å². The summed E-state index contributed by atoms with van der Waals surface area (Å²) in [5, 5.41) is 0.616. The van der Waals surface area contributed by atoms with Gasteiger partial charge in [-0.15, -0.1) is 0 Å². The summed E-state index contributed by atoms with van der Waals surface area (Å²) >= 11 is 4.24. The van der Waals surface area contributed by atoms with Gasteiger partial charge < -0.3 is 23.9 Å². The summed E-state index contributed by atoms with van der Waals surface area (Å²) in [5.41, 5.74) is 0.907. The number of morpholine rings is 1. The van der Waals surface area contributed by atoms with Gasteiger partial charge in [-0.1, -0.05) is 0 Å². The van der Waals surface area contributed by atoms with E-state index in [0.29, 0.717) is 43.3 Å². The molecule has 35 heavy (non-hydrogen) atoms. The van der Waals surface area contributed by atoms with Crippen molar-refractivity contribution in [3.63, 3.8) is 0 Å². The van der Waals surface area contributed by atoms with Crippen LogP contribution in [0.15, 0.2) is 36.8 Å². The number of carbonyl (C=O) groups excluding carboxylic acids is 1. The molecular formula is C22H20F3I2N5O3. The molecule has 3 aromatic heterocycles. The Kier molecular flexibility index (Phi) is 8.05. The number of aromatic nitrogens is 4. The van der Waals surface area contributed by atoms with Crippen LogP contribution in [0.25, 0.3) is 33.2 Å². The topological polar surface area (TPSA) is 85.3 Å². The summed E-state index contributed by atoms with van der Waals surface area (Å²) in [4.78, 5) is 24.9. The second kappa shape index (κ2) is 10.9. The SMILES string of the molecule is COc1ccc2c(c1)c(-c1cc3c(C(F)(F)F)ncnc3[nH]1)cn2CC(=O)N1CCOCC1.II. The Morgan fingerprint density at radius 2 is 1.91 bits per heavy atom. The quantitative estimate of drug-likeness (QED) is 0.293. The van der Waals surface area contributed by atoms with Crippen molar-refractivity contribution >= 4 is 65.1 Å². The van der Waals surface area contributed by atoms with Crippen molar-refractivity contribution in [3.05, 3.63) is 42.5 Å². The number of H-pyrrole nitrogens is 1. The van der Waals surface area contributed by atoms with Crippen molar-refractivity contribution < 1.29 is 27.4 Å². The number of methoxy groups -OCH3 is 1. The normalized spacial score (nSPS) is 14.2. The van der Waals surface area contributed by atoms with Gasteiger partial charge in [0.05, 0.1) is 25.7 Å². The molecule has 0 spiro atoms. The zero-order chi connectivity index (χ0) is 25.2. The van der Waals surface area contributed by atoms with E-state index in [1.807, 2.05) is 6.07 Å². The molecule has 186 valence electrons. The Hall–Kier alpha value is -2.14. The minimum Gasteiger partial charge on any atom is -0.497 e. The molecule has 4 aromatic rings. The number of carbonyl (C=O) groups is 1. The smallest absolute Gasteiger partial charge is 0.434 e. The first-order valence-electron chi connectivity index (χ1n) is 10.4. The number of halogens is 5. The first-order valence-corrected chi connectivity index (χ1v) is 16.7. The van der Waals surface area contributed by atoms with Gasteiger partial charge >= 0.3 is 6.18 Å². The summed E-state index contributed by atoms with van der Waals surface area (Å²) in [6, 6.07) is 6.79. The van der Waals surface area contributed by atoms with Crippen LogP contribution in [0.4, 0.5) is 13.2 Å². The van der Waals surface area contributed by atoms with Crippen molar-refractivity contribution in [1.29, 1.82) is 0 Å². The Bertz CT molecular complexity index is 1350. The number of amides is 1. The molecule has 13 heteroatoms. The lowest BCUT2D eigenvalue weighted by Gasteiger charge is -2.27. The molecule has 4 heterocycles. The van der Waals surface area contributed by atoms with E-state index in [0.717, 1.165) is 17.2 Å². The zero-order valence-corrected chi connectivity index (χ0v) is 22.7. The predicted molar refractivity (Wildman–Crippen MR) is 142 cm³/mol. The van der Waals surface area contributed by atoms with Crippen LogP contribution in [-0.4, -0.2) is 63.7 Å². The van der Waals surface area contributed by atoms with Gasteiger partial charge in [-0.2, -0.15) is 13.2 Å². The summed E-state index contributed by atoms with van der Waals surface area (Å²) in [6.45, 7) is 2.15. The lowest BCUT2D eigenvalue weighted by atomic mass is 10.1. The molecule has 0 bridgehead atoms. The van der Waals surface area contributed by atoms with E-state index in [4.69, 9.17) is 9.47 Å². The number of hydrogen-bond acceptors (Lipinski definition) is 5. The summed E-state index contributed by atoms with van der Waals surface area (Å²) in [7, 11) is 1.54. The average molecular weight is 713 g/mol. The van der Waals surface area contributed by atoms with E-state index >= 15 is 0 Å². The molecular weight excluding hydrogens is 693 g/mol. The number of nitrogens with one attached hydrogen (secondary N) is 1. The minimum absolute atomic E-state index is 0.0561. The molecule has 1 amide bonds. The molecule has 1 aliphatic heterocycles. The van der Waals surface area contributed by atoms with Crippen molar-refractivity contribution in [1.82, 2.24) is 24.4 Å². The molecule has 1 aromatic carbocycles. The number of alkyl halides is 3. The molecule has 0 atom stereocenters. The van der Waals surface area contributed by atoms with Crippen molar-refractivity contribution in [2.75, 3.05) is 33.4 Å². The third-order valence-corrected chi connectivity index (χ3v) is 5.74. The number of rotatable bonds is 4. The summed E-state index contributed by atoms with van der Waals surface area (Å²) in [6.07, 6.45) is -1.96. The molecule has 1 N–H and O–H groups in total. The van der Waals surface area contributed by atoms with Crippen LogP contribution in [0, 0.1) is 0 Å². The third-order valence-electron chi connectivity index (χ3n) is 5.74. The molecule has 5 rings (SSSR count). The molecule has 1 aliphatic rings. The fraction of sp³-hybridized carbons (Fsp3) is 0.318. The second-order valence-electron chi connectivity index (χ2n) is 7.71. The van der Waals surface area contributed by atoms with E-state index in [1.54, 1.807) is 27.8 Å². The number of ether oxygens (including phenoxy) is 2. The van der Waals surface area contributed by atoms with E-state index in [2.05, 4.69) is 52.2 Å². The molecule has 8 nitrogen and oxygen atoms in total. The Morgan fingerprint density at radius 1 is 1.17 bits per heavy atom. The van der Waals surface area contributed by atoms with Crippen molar-refractivity contribution in [2.24, 2.45) is 0 Å². The van der Waals surface area contributed by atoms with E-state index in [9.17, 15) is 18.0 Å². The highest BCUT2D eigenvalue weighted by Gasteiger charge is 2.35. The number of fused-ring (bicyclic) bond motifs is 2. The standard InChI is InChI=1S/C22H20F3N5O3.I2/c1-32-13-2-3-18-14(8-13)16(10-30(18)11-19(31)29-4-6-33-7-5-29)17-9-15-20(22(23,24)25)26-12-27-21(15)28-17;1-2/h2-3,8-10,12H,4-7,11H2,1H3,(H,26,27,28);. The largest absolute Gasteiger partial charge is 0.497 e. The lowest BCUT2D eigenvalue weighted by molar-refractivity contribution is -0.140. The minimum atomic E-state index is -4.61. The first kappa shape index (κ1) is 25.9. The van der Waals surface area contributed by atoms with Crippen LogP contribution in [0.1, 0.15) is 5.69 Å². The van der Waals surface area contributed by atoms with Crippen molar-refractivity contribution in [3.8, 4) is 17.0 Å².